The largest absolute Gasteiger partial charge is 0.340 e. The molecule has 6 heteroatoms. The van der Waals surface area contributed by atoms with Crippen molar-refractivity contribution in [1.82, 2.24) is 19.8 Å². The first-order valence-electron chi connectivity index (χ1n) is 9.17. The number of hydrogen-bond acceptors (Lipinski definition) is 5. The van der Waals surface area contributed by atoms with Crippen LogP contribution in [0.3, 0.4) is 0 Å². The van der Waals surface area contributed by atoms with Crippen LogP contribution in [0.2, 0.25) is 0 Å². The molecule has 2 aliphatic rings. The zero-order chi connectivity index (χ0) is 16.9. The summed E-state index contributed by atoms with van der Waals surface area (Å²) in [6.07, 6.45) is 6.50. The number of aromatic nitrogens is 2. The molecule has 132 valence electrons. The first-order chi connectivity index (χ1) is 11.6. The van der Waals surface area contributed by atoms with Crippen molar-refractivity contribution in [3.05, 3.63) is 18.5 Å². The molecule has 1 aromatic rings. The fourth-order valence-corrected chi connectivity index (χ4v) is 3.76. The van der Waals surface area contributed by atoms with Gasteiger partial charge in [-0.3, -0.25) is 4.79 Å². The summed E-state index contributed by atoms with van der Waals surface area (Å²) in [6, 6.07) is 2.17. The Labute approximate surface area is 144 Å². The van der Waals surface area contributed by atoms with Crippen molar-refractivity contribution in [3.8, 4) is 0 Å². The third kappa shape index (κ3) is 4.23. The van der Waals surface area contributed by atoms with E-state index in [1.165, 1.54) is 0 Å². The maximum absolute atomic E-state index is 12.0. The number of anilines is 1. The van der Waals surface area contributed by atoms with Crippen LogP contribution in [0.5, 0.6) is 0 Å². The van der Waals surface area contributed by atoms with Gasteiger partial charge in [0.1, 0.15) is 0 Å². The van der Waals surface area contributed by atoms with Gasteiger partial charge in [-0.05, 0) is 45.2 Å². The van der Waals surface area contributed by atoms with E-state index in [1.54, 1.807) is 0 Å². The van der Waals surface area contributed by atoms with E-state index in [0.29, 0.717) is 24.3 Å². The summed E-state index contributed by atoms with van der Waals surface area (Å²) in [4.78, 5) is 27.7. The number of rotatable bonds is 4. The normalized spacial score (nSPS) is 23.6. The minimum absolute atomic E-state index is 0.315. The number of carbonyl (C=O) groups excluding carboxylic acids is 1. The van der Waals surface area contributed by atoms with Gasteiger partial charge >= 0.3 is 0 Å². The molecule has 3 heterocycles. The molecule has 0 aromatic carbocycles. The predicted molar refractivity (Wildman–Crippen MR) is 94.9 cm³/mol. The number of hydrogen-bond donors (Lipinski definition) is 0. The highest BCUT2D eigenvalue weighted by Gasteiger charge is 2.29. The Morgan fingerprint density at radius 1 is 1.17 bits per heavy atom. The predicted octanol–water partition coefficient (Wildman–Crippen LogP) is 1.64. The van der Waals surface area contributed by atoms with Crippen molar-refractivity contribution in [2.45, 2.75) is 39.2 Å². The summed E-state index contributed by atoms with van der Waals surface area (Å²) in [7, 11) is 0. The van der Waals surface area contributed by atoms with E-state index in [-0.39, 0.29) is 0 Å². The molecule has 0 N–H and O–H groups in total. The van der Waals surface area contributed by atoms with Crippen LogP contribution in [-0.2, 0) is 4.79 Å². The van der Waals surface area contributed by atoms with Gasteiger partial charge in [0, 0.05) is 57.6 Å². The van der Waals surface area contributed by atoms with Gasteiger partial charge in [0.15, 0.2) is 0 Å². The van der Waals surface area contributed by atoms with E-state index < -0.39 is 0 Å². The minimum atomic E-state index is 0.315. The summed E-state index contributed by atoms with van der Waals surface area (Å²) in [5, 5.41) is 0. The van der Waals surface area contributed by atoms with Crippen LogP contribution >= 0.6 is 0 Å². The van der Waals surface area contributed by atoms with E-state index >= 15 is 0 Å². The van der Waals surface area contributed by atoms with Crippen LogP contribution < -0.4 is 4.90 Å². The number of carbonyl (C=O) groups is 1. The van der Waals surface area contributed by atoms with Crippen LogP contribution in [0.1, 0.15) is 33.1 Å². The lowest BCUT2D eigenvalue weighted by molar-refractivity contribution is -0.136. The standard InChI is InChI=1S/C18H29N5O/c1-15(2)23-14-16(5-6-17(23)24)13-21-9-4-10-22(12-11-21)18-19-7-3-8-20-18/h3,7-8,15-16H,4-6,9-14H2,1-2H3. The molecule has 0 bridgehead atoms. The molecule has 24 heavy (non-hydrogen) atoms. The lowest BCUT2D eigenvalue weighted by atomic mass is 9.95. The molecule has 1 unspecified atom stereocenters. The molecule has 2 aliphatic heterocycles. The van der Waals surface area contributed by atoms with E-state index in [0.717, 1.165) is 58.1 Å². The number of amides is 1. The second-order valence-electron chi connectivity index (χ2n) is 7.23. The monoisotopic (exact) mass is 331 g/mol. The Morgan fingerprint density at radius 3 is 2.71 bits per heavy atom. The van der Waals surface area contributed by atoms with Crippen molar-refractivity contribution in [2.24, 2.45) is 5.92 Å². The number of piperidine rings is 1. The van der Waals surface area contributed by atoms with E-state index in [2.05, 4.69) is 38.5 Å². The topological polar surface area (TPSA) is 52.6 Å². The van der Waals surface area contributed by atoms with Gasteiger partial charge in [0.25, 0.3) is 0 Å². The third-order valence-corrected chi connectivity index (χ3v) is 5.10. The average molecular weight is 331 g/mol. The van der Waals surface area contributed by atoms with Crippen molar-refractivity contribution in [3.63, 3.8) is 0 Å². The number of likely N-dealkylation sites (tertiary alicyclic amines) is 1. The molecular weight excluding hydrogens is 302 g/mol. The van der Waals surface area contributed by atoms with Crippen LogP contribution in [0.4, 0.5) is 5.95 Å². The SMILES string of the molecule is CC(C)N1CC(CN2CCCN(c3ncccn3)CC2)CCC1=O. The van der Waals surface area contributed by atoms with E-state index in [1.807, 2.05) is 18.5 Å². The van der Waals surface area contributed by atoms with Gasteiger partial charge in [-0.2, -0.15) is 0 Å². The van der Waals surface area contributed by atoms with Crippen molar-refractivity contribution in [2.75, 3.05) is 44.2 Å². The molecule has 6 nitrogen and oxygen atoms in total. The van der Waals surface area contributed by atoms with E-state index in [4.69, 9.17) is 0 Å². The molecule has 0 radical (unpaired) electrons. The van der Waals surface area contributed by atoms with Gasteiger partial charge in [0.2, 0.25) is 11.9 Å². The minimum Gasteiger partial charge on any atom is -0.340 e. The molecule has 0 spiro atoms. The third-order valence-electron chi connectivity index (χ3n) is 5.10. The van der Waals surface area contributed by atoms with Gasteiger partial charge in [-0.15, -0.1) is 0 Å². The highest BCUT2D eigenvalue weighted by molar-refractivity contribution is 5.77. The van der Waals surface area contributed by atoms with Gasteiger partial charge < -0.3 is 14.7 Å². The Kier molecular flexibility index (Phi) is 5.66. The summed E-state index contributed by atoms with van der Waals surface area (Å²) in [5.74, 6) is 1.77. The Bertz CT molecular complexity index is 535. The van der Waals surface area contributed by atoms with Gasteiger partial charge in [0.05, 0.1) is 0 Å². The Morgan fingerprint density at radius 2 is 1.96 bits per heavy atom. The first-order valence-corrected chi connectivity index (χ1v) is 9.17. The molecule has 0 saturated carbocycles. The lowest BCUT2D eigenvalue weighted by Gasteiger charge is -2.37. The fraction of sp³-hybridized carbons (Fsp3) is 0.722. The summed E-state index contributed by atoms with van der Waals surface area (Å²) < 4.78 is 0. The highest BCUT2D eigenvalue weighted by Crippen LogP contribution is 2.21. The van der Waals surface area contributed by atoms with Crippen molar-refractivity contribution in [1.29, 1.82) is 0 Å². The Balaban J connectivity index is 1.52. The average Bonchev–Trinajstić information content (AvgIpc) is 2.83. The van der Waals surface area contributed by atoms with E-state index in [9.17, 15) is 4.79 Å². The Hall–Kier alpha value is -1.69. The van der Waals surface area contributed by atoms with Crippen LogP contribution in [0.25, 0.3) is 0 Å². The zero-order valence-corrected chi connectivity index (χ0v) is 14.9. The second-order valence-corrected chi connectivity index (χ2v) is 7.23. The molecular formula is C18H29N5O. The molecule has 1 aromatic heterocycles. The second kappa shape index (κ2) is 7.92. The smallest absolute Gasteiger partial charge is 0.225 e. The molecule has 1 atom stereocenters. The zero-order valence-electron chi connectivity index (χ0n) is 14.9. The molecule has 1 amide bonds. The summed E-state index contributed by atoms with van der Waals surface area (Å²) in [6.45, 7) is 10.4. The van der Waals surface area contributed by atoms with Gasteiger partial charge in [-0.25, -0.2) is 9.97 Å². The van der Waals surface area contributed by atoms with Crippen molar-refractivity contribution < 1.29 is 4.79 Å². The maximum atomic E-state index is 12.0. The molecule has 2 fully saturated rings. The lowest BCUT2D eigenvalue weighted by Crippen LogP contribution is -2.47. The van der Waals surface area contributed by atoms with Crippen LogP contribution in [0.15, 0.2) is 18.5 Å². The van der Waals surface area contributed by atoms with Gasteiger partial charge in [-0.1, -0.05) is 0 Å². The molecule has 0 aliphatic carbocycles. The fourth-order valence-electron chi connectivity index (χ4n) is 3.76. The first kappa shape index (κ1) is 17.1. The summed E-state index contributed by atoms with van der Waals surface area (Å²) >= 11 is 0. The maximum Gasteiger partial charge on any atom is 0.225 e. The van der Waals surface area contributed by atoms with Crippen LogP contribution in [-0.4, -0.2) is 71.0 Å². The van der Waals surface area contributed by atoms with Crippen molar-refractivity contribution >= 4 is 11.9 Å². The molecule has 3 rings (SSSR count). The highest BCUT2D eigenvalue weighted by atomic mass is 16.2. The van der Waals surface area contributed by atoms with Crippen LogP contribution in [0, 0.1) is 5.92 Å². The summed E-state index contributed by atoms with van der Waals surface area (Å²) in [5.41, 5.74) is 0. The number of nitrogens with zero attached hydrogens (tertiary/aromatic N) is 5. The quantitative estimate of drug-likeness (QED) is 0.839. The molecule has 2 saturated heterocycles.